The van der Waals surface area contributed by atoms with Gasteiger partial charge in [0.05, 0.1) is 13.1 Å². The molecule has 4 nitrogen and oxygen atoms in total. The predicted octanol–water partition coefficient (Wildman–Crippen LogP) is 0.573. The molecule has 0 saturated carbocycles. The summed E-state index contributed by atoms with van der Waals surface area (Å²) in [4.78, 5) is 21.9. The van der Waals surface area contributed by atoms with Crippen LogP contribution in [0.5, 0.6) is 0 Å². The lowest BCUT2D eigenvalue weighted by atomic mass is 10.1. The Hall–Kier alpha value is -0.900. The van der Waals surface area contributed by atoms with Crippen LogP contribution in [0.2, 0.25) is 0 Å². The van der Waals surface area contributed by atoms with Gasteiger partial charge in [-0.1, -0.05) is 27.7 Å². The summed E-state index contributed by atoms with van der Waals surface area (Å²) in [5, 5.41) is 5.21. The van der Waals surface area contributed by atoms with Crippen LogP contribution >= 0.6 is 0 Å². The molecule has 84 valence electrons. The van der Waals surface area contributed by atoms with E-state index in [-0.39, 0.29) is 30.7 Å². The summed E-state index contributed by atoms with van der Waals surface area (Å²) in [5.41, 5.74) is 0. The molecule has 1 amide bonds. The molecule has 0 atom stereocenters. The average Bonchev–Trinajstić information content (AvgIpc) is 2.17. The van der Waals surface area contributed by atoms with E-state index in [1.807, 2.05) is 27.7 Å². The highest BCUT2D eigenvalue weighted by atomic mass is 16.2. The van der Waals surface area contributed by atoms with Crippen molar-refractivity contribution >= 4 is 11.7 Å². The van der Waals surface area contributed by atoms with Crippen molar-refractivity contribution in [3.8, 4) is 0 Å². The van der Waals surface area contributed by atoms with Crippen LogP contribution in [0.1, 0.15) is 27.7 Å². The highest BCUT2D eigenvalue weighted by Gasteiger charge is 2.07. The third-order valence-corrected chi connectivity index (χ3v) is 1.44. The Bertz CT molecular complexity index is 168. The zero-order chi connectivity index (χ0) is 11.6. The molecule has 0 aromatic rings. The van der Waals surface area contributed by atoms with Gasteiger partial charge in [-0.2, -0.15) is 0 Å². The van der Waals surface area contributed by atoms with Crippen molar-refractivity contribution in [3.63, 3.8) is 0 Å². The molecule has 0 unspecified atom stereocenters. The van der Waals surface area contributed by atoms with Crippen LogP contribution in [-0.2, 0) is 9.59 Å². The fraction of sp³-hybridized carbons (Fsp3) is 0.800. The minimum atomic E-state index is -0.147. The van der Waals surface area contributed by atoms with E-state index in [1.54, 1.807) is 7.05 Å². The van der Waals surface area contributed by atoms with Crippen molar-refractivity contribution in [1.29, 1.82) is 0 Å². The lowest BCUT2D eigenvalue weighted by molar-refractivity contribution is -0.125. The molecule has 2 N–H and O–H groups in total. The Labute approximate surface area is 86.5 Å². The monoisotopic (exact) mass is 202 g/mol. The average molecular weight is 202 g/mol. The van der Waals surface area contributed by atoms with Gasteiger partial charge in [-0.15, -0.1) is 0 Å². The first-order valence-corrected chi connectivity index (χ1v) is 5.02. The normalized spacial score (nSPS) is 9.00. The SMILES string of the molecule is CC.CNCC(=O)NCC(=O)C(C)C. The lowest BCUT2D eigenvalue weighted by Crippen LogP contribution is -2.36. The van der Waals surface area contributed by atoms with Crippen molar-refractivity contribution in [2.45, 2.75) is 27.7 Å². The van der Waals surface area contributed by atoms with Crippen molar-refractivity contribution in [1.82, 2.24) is 10.6 Å². The van der Waals surface area contributed by atoms with Gasteiger partial charge < -0.3 is 10.6 Å². The van der Waals surface area contributed by atoms with Crippen molar-refractivity contribution in [2.75, 3.05) is 20.1 Å². The largest absolute Gasteiger partial charge is 0.348 e. The first-order valence-electron chi connectivity index (χ1n) is 5.02. The standard InChI is InChI=1S/C8H16N2O2.C2H6/c1-6(2)7(11)4-10-8(12)5-9-3;1-2/h6,9H,4-5H2,1-3H3,(H,10,12);1-2H3. The molecule has 0 aromatic carbocycles. The maximum atomic E-state index is 11.0. The molecule has 0 rings (SSSR count). The topological polar surface area (TPSA) is 58.2 Å². The summed E-state index contributed by atoms with van der Waals surface area (Å²) >= 11 is 0. The summed E-state index contributed by atoms with van der Waals surface area (Å²) in [7, 11) is 1.68. The molecule has 0 saturated heterocycles. The Morgan fingerprint density at radius 2 is 1.64 bits per heavy atom. The molecule has 0 bridgehead atoms. The van der Waals surface area contributed by atoms with Gasteiger partial charge in [-0.3, -0.25) is 9.59 Å². The minimum Gasteiger partial charge on any atom is -0.348 e. The first kappa shape index (κ1) is 15.6. The number of ketones is 1. The summed E-state index contributed by atoms with van der Waals surface area (Å²) in [6, 6.07) is 0. The zero-order valence-corrected chi connectivity index (χ0v) is 9.81. The lowest BCUT2D eigenvalue weighted by Gasteiger charge is -2.05. The summed E-state index contributed by atoms with van der Waals surface area (Å²) < 4.78 is 0. The van der Waals surface area contributed by atoms with Crippen molar-refractivity contribution in [2.24, 2.45) is 5.92 Å². The number of nitrogens with one attached hydrogen (secondary N) is 2. The molecule has 0 aromatic heterocycles. The van der Waals surface area contributed by atoms with Gasteiger partial charge in [0.1, 0.15) is 0 Å². The molecule has 0 aliphatic heterocycles. The van der Waals surface area contributed by atoms with Gasteiger partial charge in [0.25, 0.3) is 0 Å². The van der Waals surface area contributed by atoms with Gasteiger partial charge in [-0.25, -0.2) is 0 Å². The number of hydrogen-bond donors (Lipinski definition) is 2. The fourth-order valence-corrected chi connectivity index (χ4v) is 0.613. The predicted molar refractivity (Wildman–Crippen MR) is 58.1 cm³/mol. The Balaban J connectivity index is 0. The number of Topliss-reactive ketones (excluding diaryl/α,β-unsaturated/α-hetero) is 1. The highest BCUT2D eigenvalue weighted by Crippen LogP contribution is 1.91. The van der Waals surface area contributed by atoms with E-state index in [2.05, 4.69) is 10.6 Å². The van der Waals surface area contributed by atoms with Gasteiger partial charge in [0.2, 0.25) is 5.91 Å². The smallest absolute Gasteiger partial charge is 0.234 e. The van der Waals surface area contributed by atoms with Gasteiger partial charge in [0, 0.05) is 5.92 Å². The van der Waals surface area contributed by atoms with E-state index < -0.39 is 0 Å². The second kappa shape index (κ2) is 10.2. The molecule has 0 radical (unpaired) electrons. The number of carbonyl (C=O) groups excluding carboxylic acids is 2. The fourth-order valence-electron chi connectivity index (χ4n) is 0.613. The minimum absolute atomic E-state index is 0.0140. The van der Waals surface area contributed by atoms with E-state index in [9.17, 15) is 9.59 Å². The molecule has 0 spiro atoms. The second-order valence-electron chi connectivity index (χ2n) is 2.93. The molecule has 14 heavy (non-hydrogen) atoms. The number of hydrogen-bond acceptors (Lipinski definition) is 3. The number of likely N-dealkylation sites (N-methyl/N-ethyl adjacent to an activating group) is 1. The highest BCUT2D eigenvalue weighted by molar-refractivity contribution is 5.87. The van der Waals surface area contributed by atoms with E-state index >= 15 is 0 Å². The van der Waals surface area contributed by atoms with E-state index in [4.69, 9.17) is 0 Å². The number of amides is 1. The van der Waals surface area contributed by atoms with Crippen LogP contribution in [0.25, 0.3) is 0 Å². The third-order valence-electron chi connectivity index (χ3n) is 1.44. The molecule has 4 heteroatoms. The summed E-state index contributed by atoms with van der Waals surface area (Å²) in [6.45, 7) is 8.02. The van der Waals surface area contributed by atoms with E-state index in [1.165, 1.54) is 0 Å². The molecular weight excluding hydrogens is 180 g/mol. The van der Waals surface area contributed by atoms with Crippen LogP contribution < -0.4 is 10.6 Å². The van der Waals surface area contributed by atoms with Crippen molar-refractivity contribution in [3.05, 3.63) is 0 Å². The zero-order valence-electron chi connectivity index (χ0n) is 9.81. The molecule has 0 aliphatic carbocycles. The summed E-state index contributed by atoms with van der Waals surface area (Å²) in [5.74, 6) is -0.106. The Morgan fingerprint density at radius 1 is 1.14 bits per heavy atom. The third kappa shape index (κ3) is 9.19. The van der Waals surface area contributed by atoms with Crippen LogP contribution in [0, 0.1) is 5.92 Å². The maximum Gasteiger partial charge on any atom is 0.234 e. The van der Waals surface area contributed by atoms with Crippen LogP contribution in [0.3, 0.4) is 0 Å². The molecule has 0 heterocycles. The van der Waals surface area contributed by atoms with Gasteiger partial charge in [0.15, 0.2) is 5.78 Å². The van der Waals surface area contributed by atoms with Gasteiger partial charge >= 0.3 is 0 Å². The van der Waals surface area contributed by atoms with Crippen LogP contribution in [-0.4, -0.2) is 31.8 Å². The van der Waals surface area contributed by atoms with E-state index in [0.29, 0.717) is 0 Å². The quantitative estimate of drug-likeness (QED) is 0.685. The first-order chi connectivity index (χ1) is 6.57. The second-order valence-corrected chi connectivity index (χ2v) is 2.93. The Morgan fingerprint density at radius 3 is 2.00 bits per heavy atom. The summed E-state index contributed by atoms with van der Waals surface area (Å²) in [6.07, 6.45) is 0. The van der Waals surface area contributed by atoms with Crippen LogP contribution in [0.4, 0.5) is 0 Å². The van der Waals surface area contributed by atoms with Crippen LogP contribution in [0.15, 0.2) is 0 Å². The van der Waals surface area contributed by atoms with Gasteiger partial charge in [-0.05, 0) is 7.05 Å². The maximum absolute atomic E-state index is 11.0. The molecule has 0 fully saturated rings. The molecular formula is C10H22N2O2. The van der Waals surface area contributed by atoms with E-state index in [0.717, 1.165) is 0 Å². The Kier molecular flexibility index (Phi) is 11.3. The molecule has 0 aliphatic rings. The van der Waals surface area contributed by atoms with Crippen molar-refractivity contribution < 1.29 is 9.59 Å². The number of rotatable bonds is 5. The number of carbonyl (C=O) groups is 2.